The first kappa shape index (κ1) is 24.1. The quantitative estimate of drug-likeness (QED) is 0.376. The highest BCUT2D eigenvalue weighted by Crippen LogP contribution is 2.45. The number of esters is 2. The fourth-order valence-electron chi connectivity index (χ4n) is 4.64. The molecule has 2 bridgehead atoms. The first-order valence-electron chi connectivity index (χ1n) is 10.7. The van der Waals surface area contributed by atoms with E-state index in [1.807, 2.05) is 0 Å². The van der Waals surface area contributed by atoms with Crippen LogP contribution >= 0.6 is 0 Å². The first-order chi connectivity index (χ1) is 15.9. The molecule has 0 aliphatic heterocycles. The van der Waals surface area contributed by atoms with Gasteiger partial charge >= 0.3 is 24.3 Å². The Labute approximate surface area is 190 Å². The third-order valence-electron chi connectivity index (χ3n) is 6.45. The molecule has 0 aromatic heterocycles. The van der Waals surface area contributed by atoms with Crippen LogP contribution in [0.4, 0.5) is 26.3 Å². The molecule has 5 rings (SSSR count). The van der Waals surface area contributed by atoms with Gasteiger partial charge in [0.1, 0.15) is 12.2 Å². The molecule has 4 nitrogen and oxygen atoms in total. The van der Waals surface area contributed by atoms with Crippen LogP contribution < -0.4 is 0 Å². The summed E-state index contributed by atoms with van der Waals surface area (Å²) in [5.74, 6) is -1.84. The lowest BCUT2D eigenvalue weighted by molar-refractivity contribution is -0.138. The SMILES string of the molecule is O=C(OC1C2CCC(CC2)C1OC(=O)c1ccc(C(F)(F)F)cc1)c1ccc(C(F)(F)F)cc1. The normalized spacial score (nSPS) is 24.5. The lowest BCUT2D eigenvalue weighted by Crippen LogP contribution is -2.52. The average molecular weight is 486 g/mol. The van der Waals surface area contributed by atoms with Crippen LogP contribution in [0.2, 0.25) is 0 Å². The highest BCUT2D eigenvalue weighted by atomic mass is 19.4. The van der Waals surface area contributed by atoms with Crippen molar-refractivity contribution in [2.45, 2.75) is 50.2 Å². The number of fused-ring (bicyclic) bond motifs is 3. The lowest BCUT2D eigenvalue weighted by atomic mass is 9.67. The molecule has 0 heterocycles. The van der Waals surface area contributed by atoms with Crippen molar-refractivity contribution in [1.82, 2.24) is 0 Å². The Hall–Kier alpha value is -3.04. The highest BCUT2D eigenvalue weighted by Gasteiger charge is 2.48. The van der Waals surface area contributed by atoms with Crippen molar-refractivity contribution in [3.05, 3.63) is 70.8 Å². The van der Waals surface area contributed by atoms with Crippen LogP contribution in [-0.4, -0.2) is 24.1 Å². The summed E-state index contributed by atoms with van der Waals surface area (Å²) >= 11 is 0. The summed E-state index contributed by atoms with van der Waals surface area (Å²) in [5, 5.41) is 0. The number of halogens is 6. The number of rotatable bonds is 4. The van der Waals surface area contributed by atoms with Crippen LogP contribution in [0.15, 0.2) is 48.5 Å². The predicted octanol–water partition coefficient (Wildman–Crippen LogP) is 6.30. The monoisotopic (exact) mass is 486 g/mol. The molecule has 2 atom stereocenters. The molecule has 0 radical (unpaired) electrons. The molecule has 2 aromatic rings. The molecule has 2 aromatic carbocycles. The number of ether oxygens (including phenoxy) is 2. The van der Waals surface area contributed by atoms with Gasteiger partial charge in [-0.15, -0.1) is 0 Å². The van der Waals surface area contributed by atoms with Gasteiger partial charge in [0.15, 0.2) is 0 Å². The van der Waals surface area contributed by atoms with E-state index in [2.05, 4.69) is 0 Å². The third kappa shape index (κ3) is 5.05. The first-order valence-corrected chi connectivity index (χ1v) is 10.7. The Morgan fingerprint density at radius 2 is 0.882 bits per heavy atom. The molecule has 3 saturated carbocycles. The van der Waals surface area contributed by atoms with E-state index in [4.69, 9.17) is 9.47 Å². The van der Waals surface area contributed by atoms with Crippen LogP contribution in [0.3, 0.4) is 0 Å². The second kappa shape index (κ2) is 8.96. The zero-order valence-corrected chi connectivity index (χ0v) is 17.7. The van der Waals surface area contributed by atoms with Gasteiger partial charge in [0.05, 0.1) is 22.3 Å². The fraction of sp³-hybridized carbons (Fsp3) is 0.417. The topological polar surface area (TPSA) is 52.6 Å². The minimum atomic E-state index is -4.54. The highest BCUT2D eigenvalue weighted by molar-refractivity contribution is 5.90. The molecule has 10 heteroatoms. The molecule has 3 aliphatic carbocycles. The van der Waals surface area contributed by atoms with Gasteiger partial charge in [0.25, 0.3) is 0 Å². The van der Waals surface area contributed by atoms with Crippen molar-refractivity contribution in [2.24, 2.45) is 11.8 Å². The Bertz CT molecular complexity index is 950. The molecule has 2 unspecified atom stereocenters. The van der Waals surface area contributed by atoms with Crippen LogP contribution in [0.5, 0.6) is 0 Å². The van der Waals surface area contributed by atoms with E-state index in [-0.39, 0.29) is 23.0 Å². The van der Waals surface area contributed by atoms with E-state index < -0.39 is 47.6 Å². The van der Waals surface area contributed by atoms with E-state index in [9.17, 15) is 35.9 Å². The Balaban J connectivity index is 1.48. The van der Waals surface area contributed by atoms with Crippen LogP contribution in [-0.2, 0) is 21.8 Å². The second-order valence-corrected chi connectivity index (χ2v) is 8.56. The van der Waals surface area contributed by atoms with E-state index >= 15 is 0 Å². The maximum absolute atomic E-state index is 12.8. The molecule has 0 spiro atoms. The van der Waals surface area contributed by atoms with Gasteiger partial charge in [-0.25, -0.2) is 9.59 Å². The third-order valence-corrected chi connectivity index (χ3v) is 6.45. The lowest BCUT2D eigenvalue weighted by Gasteiger charge is -2.46. The van der Waals surface area contributed by atoms with Gasteiger partial charge in [-0.05, 0) is 86.1 Å². The summed E-state index contributed by atoms with van der Waals surface area (Å²) in [6, 6.07) is 7.23. The summed E-state index contributed by atoms with van der Waals surface area (Å²) in [4.78, 5) is 25.3. The summed E-state index contributed by atoms with van der Waals surface area (Å²) in [6.07, 6.45) is -7.70. The molecule has 0 saturated heterocycles. The van der Waals surface area contributed by atoms with Crippen LogP contribution in [0.1, 0.15) is 57.5 Å². The second-order valence-electron chi connectivity index (χ2n) is 8.56. The number of hydrogen-bond acceptors (Lipinski definition) is 4. The largest absolute Gasteiger partial charge is 0.455 e. The molecule has 0 amide bonds. The van der Waals surface area contributed by atoms with Gasteiger partial charge in [0, 0.05) is 0 Å². The van der Waals surface area contributed by atoms with E-state index in [1.165, 1.54) is 0 Å². The van der Waals surface area contributed by atoms with Gasteiger partial charge in [-0.2, -0.15) is 26.3 Å². The van der Waals surface area contributed by atoms with Gasteiger partial charge < -0.3 is 9.47 Å². The summed E-state index contributed by atoms with van der Waals surface area (Å²) in [6.45, 7) is 0. The number of hydrogen-bond donors (Lipinski definition) is 0. The molecular formula is C24H20F6O4. The minimum Gasteiger partial charge on any atom is -0.455 e. The minimum absolute atomic E-state index is 0.0673. The van der Waals surface area contributed by atoms with E-state index in [0.717, 1.165) is 74.2 Å². The molecule has 182 valence electrons. The predicted molar refractivity (Wildman–Crippen MR) is 107 cm³/mol. The number of carbonyl (C=O) groups is 2. The van der Waals surface area contributed by atoms with Crippen molar-refractivity contribution in [2.75, 3.05) is 0 Å². The van der Waals surface area contributed by atoms with Crippen molar-refractivity contribution in [1.29, 1.82) is 0 Å². The molecule has 0 N–H and O–H groups in total. The Kier molecular flexibility index (Phi) is 6.35. The van der Waals surface area contributed by atoms with Crippen molar-refractivity contribution in [3.63, 3.8) is 0 Å². The number of alkyl halides is 6. The molecule has 3 aliphatic rings. The fourth-order valence-corrected chi connectivity index (χ4v) is 4.64. The van der Waals surface area contributed by atoms with Crippen molar-refractivity contribution in [3.8, 4) is 0 Å². The van der Waals surface area contributed by atoms with E-state index in [1.54, 1.807) is 0 Å². The molecular weight excluding hydrogens is 466 g/mol. The smallest absolute Gasteiger partial charge is 0.416 e. The van der Waals surface area contributed by atoms with E-state index in [0.29, 0.717) is 0 Å². The van der Waals surface area contributed by atoms with Gasteiger partial charge in [-0.3, -0.25) is 0 Å². The van der Waals surface area contributed by atoms with Gasteiger partial charge in [-0.1, -0.05) is 0 Å². The average Bonchev–Trinajstić information content (AvgIpc) is 2.80. The van der Waals surface area contributed by atoms with Crippen molar-refractivity contribution < 1.29 is 45.4 Å². The van der Waals surface area contributed by atoms with Crippen LogP contribution in [0, 0.1) is 11.8 Å². The van der Waals surface area contributed by atoms with Gasteiger partial charge in [0.2, 0.25) is 0 Å². The summed E-state index contributed by atoms with van der Waals surface area (Å²) in [5.41, 5.74) is -1.93. The van der Waals surface area contributed by atoms with Crippen molar-refractivity contribution >= 4 is 11.9 Å². The summed E-state index contributed by atoms with van der Waals surface area (Å²) < 4.78 is 87.8. The zero-order valence-electron chi connectivity index (χ0n) is 17.7. The van der Waals surface area contributed by atoms with Crippen LogP contribution in [0.25, 0.3) is 0 Å². The Morgan fingerprint density at radius 1 is 0.588 bits per heavy atom. The maximum Gasteiger partial charge on any atom is 0.416 e. The summed E-state index contributed by atoms with van der Waals surface area (Å²) in [7, 11) is 0. The standard InChI is InChI=1S/C24H20F6O4/c25-23(26,27)17-9-5-15(6-10-17)21(31)33-19-13-1-2-14(4-3-13)20(19)34-22(32)16-7-11-18(12-8-16)24(28,29)30/h5-14,19-20H,1-4H2. The molecule has 34 heavy (non-hydrogen) atoms. The molecule has 3 fully saturated rings. The zero-order chi connectivity index (χ0) is 24.7. The maximum atomic E-state index is 12.8. The Morgan fingerprint density at radius 3 is 1.15 bits per heavy atom. The number of benzene rings is 2. The number of carbonyl (C=O) groups excluding carboxylic acids is 2.